The van der Waals surface area contributed by atoms with Crippen molar-refractivity contribution in [1.29, 1.82) is 0 Å². The molecule has 2 N–H and O–H groups in total. The summed E-state index contributed by atoms with van der Waals surface area (Å²) in [6.45, 7) is 6.53. The Balaban J connectivity index is 2.24. The highest BCUT2D eigenvalue weighted by molar-refractivity contribution is 5.33. The Bertz CT molecular complexity index is 412. The predicted molar refractivity (Wildman–Crippen MR) is 80.2 cm³/mol. The highest BCUT2D eigenvalue weighted by Crippen LogP contribution is 2.31. The molecule has 0 unspecified atom stereocenters. The normalized spacial score (nSPS) is 18.9. The van der Waals surface area contributed by atoms with Crippen LogP contribution in [0.4, 0.5) is 5.82 Å². The maximum atomic E-state index is 5.98. The molecule has 3 nitrogen and oxygen atoms in total. The number of aromatic nitrogens is 2. The van der Waals surface area contributed by atoms with E-state index in [-0.39, 0.29) is 5.41 Å². The van der Waals surface area contributed by atoms with Crippen LogP contribution >= 0.6 is 0 Å². The molecule has 0 aromatic carbocycles. The van der Waals surface area contributed by atoms with Crippen LogP contribution in [0, 0.1) is 0 Å². The first kappa shape index (κ1) is 14.3. The van der Waals surface area contributed by atoms with Crippen LogP contribution in [-0.4, -0.2) is 9.97 Å². The van der Waals surface area contributed by atoms with Gasteiger partial charge in [0.25, 0.3) is 0 Å². The fraction of sp³-hybridized carbons (Fsp3) is 0.750. The molecule has 19 heavy (non-hydrogen) atoms. The van der Waals surface area contributed by atoms with Crippen molar-refractivity contribution in [3.05, 3.63) is 17.6 Å². The van der Waals surface area contributed by atoms with Gasteiger partial charge >= 0.3 is 0 Å². The highest BCUT2D eigenvalue weighted by atomic mass is 15.0. The van der Waals surface area contributed by atoms with Gasteiger partial charge in [0.15, 0.2) is 0 Å². The number of nitrogens with two attached hydrogens (primary N) is 1. The Morgan fingerprint density at radius 3 is 2.16 bits per heavy atom. The monoisotopic (exact) mass is 261 g/mol. The Kier molecular flexibility index (Phi) is 4.43. The van der Waals surface area contributed by atoms with Crippen LogP contribution in [0.5, 0.6) is 0 Å². The van der Waals surface area contributed by atoms with Gasteiger partial charge in [-0.2, -0.15) is 0 Å². The molecule has 1 aromatic heterocycles. The fourth-order valence-electron chi connectivity index (χ4n) is 2.77. The Hall–Kier alpha value is -1.12. The predicted octanol–water partition coefficient (Wildman–Crippen LogP) is 4.18. The third-order valence-corrected chi connectivity index (χ3v) is 4.00. The van der Waals surface area contributed by atoms with E-state index in [0.29, 0.717) is 11.7 Å². The van der Waals surface area contributed by atoms with Gasteiger partial charge in [0.05, 0.1) is 5.69 Å². The molecule has 1 saturated carbocycles. The number of anilines is 1. The van der Waals surface area contributed by atoms with Crippen molar-refractivity contribution < 1.29 is 0 Å². The molecule has 0 spiro atoms. The smallest absolute Gasteiger partial charge is 0.134 e. The SMILES string of the molecule is CC(C)(C)c1cc(N)nc(C2CCCCCCC2)n1. The number of hydrogen-bond acceptors (Lipinski definition) is 3. The lowest BCUT2D eigenvalue weighted by atomic mass is 9.89. The Labute approximate surface area is 117 Å². The molecule has 0 aliphatic heterocycles. The second-order valence-electron chi connectivity index (χ2n) is 6.83. The number of nitrogens with zero attached hydrogens (tertiary/aromatic N) is 2. The molecule has 1 fully saturated rings. The zero-order valence-corrected chi connectivity index (χ0v) is 12.6. The van der Waals surface area contributed by atoms with Crippen molar-refractivity contribution in [2.45, 2.75) is 77.0 Å². The molecule has 0 atom stereocenters. The molecule has 1 aliphatic carbocycles. The summed E-state index contributed by atoms with van der Waals surface area (Å²) in [6, 6.07) is 1.92. The van der Waals surface area contributed by atoms with Gasteiger partial charge < -0.3 is 5.73 Å². The van der Waals surface area contributed by atoms with Crippen LogP contribution in [0.3, 0.4) is 0 Å². The molecule has 1 aliphatic rings. The van der Waals surface area contributed by atoms with E-state index in [1.54, 1.807) is 0 Å². The quantitative estimate of drug-likeness (QED) is 0.825. The van der Waals surface area contributed by atoms with Crippen molar-refractivity contribution in [3.8, 4) is 0 Å². The molecule has 0 bridgehead atoms. The molecule has 106 valence electrons. The molecule has 0 saturated heterocycles. The van der Waals surface area contributed by atoms with E-state index < -0.39 is 0 Å². The maximum Gasteiger partial charge on any atom is 0.134 e. The van der Waals surface area contributed by atoms with Crippen LogP contribution in [0.2, 0.25) is 0 Å². The van der Waals surface area contributed by atoms with Crippen molar-refractivity contribution >= 4 is 5.82 Å². The largest absolute Gasteiger partial charge is 0.384 e. The van der Waals surface area contributed by atoms with Gasteiger partial charge in [-0.05, 0) is 12.8 Å². The average molecular weight is 261 g/mol. The summed E-state index contributed by atoms with van der Waals surface area (Å²) in [7, 11) is 0. The lowest BCUT2D eigenvalue weighted by Crippen LogP contribution is -2.18. The molecule has 1 heterocycles. The van der Waals surface area contributed by atoms with Gasteiger partial charge in [-0.1, -0.05) is 52.9 Å². The average Bonchev–Trinajstić information content (AvgIpc) is 2.26. The number of hydrogen-bond donors (Lipinski definition) is 1. The van der Waals surface area contributed by atoms with E-state index in [2.05, 4.69) is 25.8 Å². The van der Waals surface area contributed by atoms with Crippen molar-refractivity contribution in [3.63, 3.8) is 0 Å². The molecule has 0 amide bonds. The number of rotatable bonds is 1. The summed E-state index contributed by atoms with van der Waals surface area (Å²) in [5.41, 5.74) is 7.08. The highest BCUT2D eigenvalue weighted by Gasteiger charge is 2.21. The van der Waals surface area contributed by atoms with E-state index in [9.17, 15) is 0 Å². The Morgan fingerprint density at radius 2 is 1.58 bits per heavy atom. The van der Waals surface area contributed by atoms with Crippen molar-refractivity contribution in [1.82, 2.24) is 9.97 Å². The molecular weight excluding hydrogens is 234 g/mol. The summed E-state index contributed by atoms with van der Waals surface area (Å²) in [5, 5.41) is 0. The van der Waals surface area contributed by atoms with E-state index in [0.717, 1.165) is 11.5 Å². The van der Waals surface area contributed by atoms with E-state index in [1.165, 1.54) is 44.9 Å². The van der Waals surface area contributed by atoms with E-state index in [1.807, 2.05) is 6.07 Å². The zero-order valence-electron chi connectivity index (χ0n) is 12.6. The lowest BCUT2D eigenvalue weighted by Gasteiger charge is -2.22. The van der Waals surface area contributed by atoms with Crippen LogP contribution in [0.15, 0.2) is 6.07 Å². The zero-order chi connectivity index (χ0) is 13.9. The van der Waals surface area contributed by atoms with Gasteiger partial charge in [0, 0.05) is 17.4 Å². The summed E-state index contributed by atoms with van der Waals surface area (Å²) < 4.78 is 0. The first-order valence-corrected chi connectivity index (χ1v) is 7.62. The second kappa shape index (κ2) is 5.89. The summed E-state index contributed by atoms with van der Waals surface area (Å²) in [6.07, 6.45) is 9.12. The molecule has 0 radical (unpaired) electrons. The van der Waals surface area contributed by atoms with Crippen molar-refractivity contribution in [2.24, 2.45) is 0 Å². The molecule has 2 rings (SSSR count). The topological polar surface area (TPSA) is 51.8 Å². The summed E-state index contributed by atoms with van der Waals surface area (Å²) in [5.74, 6) is 2.11. The number of nitrogen functional groups attached to an aromatic ring is 1. The van der Waals surface area contributed by atoms with Crippen LogP contribution in [0.1, 0.15) is 83.2 Å². The first-order valence-electron chi connectivity index (χ1n) is 7.62. The van der Waals surface area contributed by atoms with Gasteiger partial charge in [-0.25, -0.2) is 9.97 Å². The second-order valence-corrected chi connectivity index (χ2v) is 6.83. The third kappa shape index (κ3) is 3.92. The third-order valence-electron chi connectivity index (χ3n) is 4.00. The molecular formula is C16H27N3. The van der Waals surface area contributed by atoms with Gasteiger partial charge in [-0.3, -0.25) is 0 Å². The van der Waals surface area contributed by atoms with Gasteiger partial charge in [-0.15, -0.1) is 0 Å². The lowest BCUT2D eigenvalue weighted by molar-refractivity contribution is 0.438. The summed E-state index contributed by atoms with van der Waals surface area (Å²) >= 11 is 0. The van der Waals surface area contributed by atoms with E-state index in [4.69, 9.17) is 10.7 Å². The minimum atomic E-state index is 0.0351. The van der Waals surface area contributed by atoms with Gasteiger partial charge in [0.1, 0.15) is 11.6 Å². The standard InChI is InChI=1S/C16H27N3/c1-16(2,3)13-11-14(17)19-15(18-13)12-9-7-5-4-6-8-10-12/h11-12H,4-10H2,1-3H3,(H2,17,18,19). The Morgan fingerprint density at radius 1 is 1.00 bits per heavy atom. The van der Waals surface area contributed by atoms with Crippen molar-refractivity contribution in [2.75, 3.05) is 5.73 Å². The van der Waals surface area contributed by atoms with Gasteiger partial charge in [0.2, 0.25) is 0 Å². The fourth-order valence-corrected chi connectivity index (χ4v) is 2.77. The summed E-state index contributed by atoms with van der Waals surface area (Å²) in [4.78, 5) is 9.32. The molecule has 3 heteroatoms. The minimum absolute atomic E-state index is 0.0351. The minimum Gasteiger partial charge on any atom is -0.384 e. The maximum absolute atomic E-state index is 5.98. The van der Waals surface area contributed by atoms with E-state index >= 15 is 0 Å². The van der Waals surface area contributed by atoms with Crippen LogP contribution in [-0.2, 0) is 5.41 Å². The van der Waals surface area contributed by atoms with Crippen LogP contribution < -0.4 is 5.73 Å². The van der Waals surface area contributed by atoms with Crippen LogP contribution in [0.25, 0.3) is 0 Å². The first-order chi connectivity index (χ1) is 8.97. The molecule has 1 aromatic rings.